The summed E-state index contributed by atoms with van der Waals surface area (Å²) in [5.41, 5.74) is -0.501. The highest BCUT2D eigenvalue weighted by atomic mass is 19.2. The Hall–Kier alpha value is -3.32. The number of fused-ring (bicyclic) bond motifs is 1. The number of aromatic nitrogens is 4. The second kappa shape index (κ2) is 8.47. The molecule has 0 bridgehead atoms. The van der Waals surface area contributed by atoms with Gasteiger partial charge in [-0.25, -0.2) is 27.5 Å². The van der Waals surface area contributed by atoms with Gasteiger partial charge in [0.2, 0.25) is 0 Å². The summed E-state index contributed by atoms with van der Waals surface area (Å²) >= 11 is 0. The summed E-state index contributed by atoms with van der Waals surface area (Å²) in [6, 6.07) is -0.683. The lowest BCUT2D eigenvalue weighted by Crippen LogP contribution is -2.35. The van der Waals surface area contributed by atoms with Crippen LogP contribution in [-0.2, 0) is 0 Å². The van der Waals surface area contributed by atoms with E-state index in [2.05, 4.69) is 25.5 Å². The number of likely N-dealkylation sites (tertiary alicyclic amines) is 1. The number of aromatic amines is 1. The Kier molecular flexibility index (Phi) is 5.60. The number of H-pyrrole nitrogens is 1. The van der Waals surface area contributed by atoms with Gasteiger partial charge in [-0.15, -0.1) is 0 Å². The summed E-state index contributed by atoms with van der Waals surface area (Å²) in [6.45, 7) is -0.425. The van der Waals surface area contributed by atoms with Gasteiger partial charge < -0.3 is 20.4 Å². The Morgan fingerprint density at radius 3 is 2.71 bits per heavy atom. The van der Waals surface area contributed by atoms with E-state index >= 15 is 0 Å². The van der Waals surface area contributed by atoms with Gasteiger partial charge in [-0.2, -0.15) is 5.10 Å². The number of anilines is 1. The third-order valence-corrected chi connectivity index (χ3v) is 6.36. The molecule has 5 atom stereocenters. The minimum absolute atomic E-state index is 0.101. The van der Waals surface area contributed by atoms with Crippen molar-refractivity contribution in [2.45, 2.75) is 49.7 Å². The summed E-state index contributed by atoms with van der Waals surface area (Å²) < 4.78 is 56.4. The number of benzene rings is 1. The van der Waals surface area contributed by atoms with Crippen molar-refractivity contribution in [3.8, 4) is 0 Å². The lowest BCUT2D eigenvalue weighted by Gasteiger charge is -2.25. The van der Waals surface area contributed by atoms with Crippen molar-refractivity contribution >= 4 is 22.8 Å². The summed E-state index contributed by atoms with van der Waals surface area (Å²) in [6.07, 6.45) is -1.85. The maximum absolute atomic E-state index is 14.5. The molecule has 0 unspecified atom stereocenters. The predicted octanol–water partition coefficient (Wildman–Crippen LogP) is 1.99. The Morgan fingerprint density at radius 2 is 1.97 bits per heavy atom. The van der Waals surface area contributed by atoms with Gasteiger partial charge in [0.1, 0.15) is 29.8 Å². The van der Waals surface area contributed by atoms with Crippen LogP contribution in [0.1, 0.15) is 41.4 Å². The van der Waals surface area contributed by atoms with Crippen molar-refractivity contribution in [1.29, 1.82) is 0 Å². The van der Waals surface area contributed by atoms with Crippen molar-refractivity contribution in [2.75, 3.05) is 11.9 Å². The first kappa shape index (κ1) is 22.5. The van der Waals surface area contributed by atoms with Gasteiger partial charge in [0.05, 0.1) is 36.2 Å². The number of aliphatic hydroxyl groups excluding tert-OH is 2. The van der Waals surface area contributed by atoms with Crippen molar-refractivity contribution in [2.24, 2.45) is 0 Å². The van der Waals surface area contributed by atoms with Crippen LogP contribution in [0.3, 0.4) is 0 Å². The quantitative estimate of drug-likeness (QED) is 0.332. The third-order valence-electron chi connectivity index (χ3n) is 6.36. The highest BCUT2D eigenvalue weighted by Crippen LogP contribution is 2.38. The third kappa shape index (κ3) is 3.74. The molecule has 1 saturated carbocycles. The first-order valence-electron chi connectivity index (χ1n) is 10.7. The Bertz CT molecular complexity index is 1260. The average Bonchev–Trinajstić information content (AvgIpc) is 3.49. The normalized spacial score (nSPS) is 27.0. The van der Waals surface area contributed by atoms with Crippen LogP contribution in [0.25, 0.3) is 11.0 Å². The molecule has 180 valence electrons. The summed E-state index contributed by atoms with van der Waals surface area (Å²) in [5.74, 6) is -4.48. The SMILES string of the molecule is O=C(c1[nH]nc2ncnc(N[C@@H]3CC[C@@H](O)[C@H]3O)c12)N1C[C@@H](F)C[C@@H]1c1cc(F)cc(F)c1F. The fourth-order valence-corrected chi connectivity index (χ4v) is 4.68. The van der Waals surface area contributed by atoms with E-state index in [0.717, 1.165) is 11.0 Å². The molecule has 2 aromatic heterocycles. The zero-order chi connectivity index (χ0) is 24.1. The van der Waals surface area contributed by atoms with Gasteiger partial charge in [0.15, 0.2) is 17.3 Å². The molecule has 1 saturated heterocycles. The van der Waals surface area contributed by atoms with E-state index in [0.29, 0.717) is 18.9 Å². The van der Waals surface area contributed by atoms with Crippen LogP contribution in [-0.4, -0.2) is 72.2 Å². The second-order valence-corrected chi connectivity index (χ2v) is 8.50. The molecule has 1 aliphatic carbocycles. The molecular weight excluding hydrogens is 460 g/mol. The van der Waals surface area contributed by atoms with E-state index in [1.54, 1.807) is 0 Å². The maximum Gasteiger partial charge on any atom is 0.273 e. The monoisotopic (exact) mass is 480 g/mol. The molecule has 1 aromatic carbocycles. The van der Waals surface area contributed by atoms with Gasteiger partial charge in [-0.3, -0.25) is 9.89 Å². The molecule has 9 nitrogen and oxygen atoms in total. The Balaban J connectivity index is 1.52. The molecule has 3 aromatic rings. The zero-order valence-electron chi connectivity index (χ0n) is 17.6. The number of hydrogen-bond acceptors (Lipinski definition) is 7. The number of halogens is 4. The van der Waals surface area contributed by atoms with Crippen LogP contribution >= 0.6 is 0 Å². The van der Waals surface area contributed by atoms with E-state index in [-0.39, 0.29) is 29.0 Å². The highest BCUT2D eigenvalue weighted by Gasteiger charge is 2.40. The van der Waals surface area contributed by atoms with Gasteiger partial charge in [-0.1, -0.05) is 0 Å². The number of aliphatic hydroxyl groups is 2. The van der Waals surface area contributed by atoms with Crippen LogP contribution < -0.4 is 5.32 Å². The average molecular weight is 480 g/mol. The largest absolute Gasteiger partial charge is 0.390 e. The number of nitrogens with zero attached hydrogens (tertiary/aromatic N) is 4. The molecule has 0 radical (unpaired) electrons. The molecule has 13 heteroatoms. The van der Waals surface area contributed by atoms with Gasteiger partial charge >= 0.3 is 0 Å². The van der Waals surface area contributed by atoms with Crippen molar-refractivity contribution in [3.05, 3.63) is 47.2 Å². The molecule has 5 rings (SSSR count). The molecule has 1 amide bonds. The standard InChI is InChI=1S/C21H20F4N6O3/c22-8-3-10(16(25)11(24)4-8)13-5-9(23)6-31(13)21(34)17-15-19(26-7-27-20(15)30-29-17)28-12-1-2-14(32)18(12)33/h3-4,7,9,12-14,18,32-33H,1-2,5-6H2,(H2,26,27,28,29,30)/t9-,12+,13+,14+,18-/m0/s1. The molecule has 3 heterocycles. The van der Waals surface area contributed by atoms with Crippen LogP contribution in [0.5, 0.6) is 0 Å². The second-order valence-electron chi connectivity index (χ2n) is 8.50. The minimum Gasteiger partial charge on any atom is -0.390 e. The predicted molar refractivity (Wildman–Crippen MR) is 110 cm³/mol. The van der Waals surface area contributed by atoms with Crippen LogP contribution in [0.15, 0.2) is 18.5 Å². The molecular formula is C21H20F4N6O3. The number of carbonyl (C=O) groups excluding carboxylic acids is 1. The molecule has 0 spiro atoms. The van der Waals surface area contributed by atoms with E-state index in [1.165, 1.54) is 6.33 Å². The lowest BCUT2D eigenvalue weighted by atomic mass is 10.0. The molecule has 2 fully saturated rings. The molecule has 2 aliphatic rings. The number of amides is 1. The van der Waals surface area contributed by atoms with Crippen LogP contribution in [0, 0.1) is 17.5 Å². The minimum atomic E-state index is -1.54. The van der Waals surface area contributed by atoms with Crippen LogP contribution in [0.2, 0.25) is 0 Å². The van der Waals surface area contributed by atoms with Crippen molar-refractivity contribution < 1.29 is 32.6 Å². The number of nitrogens with one attached hydrogen (secondary N) is 2. The van der Waals surface area contributed by atoms with Gasteiger partial charge in [0.25, 0.3) is 5.91 Å². The Labute approximate surface area is 189 Å². The van der Waals surface area contributed by atoms with Crippen molar-refractivity contribution in [3.63, 3.8) is 0 Å². The van der Waals surface area contributed by atoms with Crippen molar-refractivity contribution in [1.82, 2.24) is 25.1 Å². The van der Waals surface area contributed by atoms with Gasteiger partial charge in [-0.05, 0) is 18.9 Å². The smallest absolute Gasteiger partial charge is 0.273 e. The van der Waals surface area contributed by atoms with E-state index in [1.807, 2.05) is 0 Å². The molecule has 34 heavy (non-hydrogen) atoms. The summed E-state index contributed by atoms with van der Waals surface area (Å²) in [7, 11) is 0. The fourth-order valence-electron chi connectivity index (χ4n) is 4.68. The topological polar surface area (TPSA) is 127 Å². The molecule has 4 N–H and O–H groups in total. The van der Waals surface area contributed by atoms with Gasteiger partial charge in [0, 0.05) is 18.1 Å². The maximum atomic E-state index is 14.5. The zero-order valence-corrected chi connectivity index (χ0v) is 17.6. The van der Waals surface area contributed by atoms with E-state index in [9.17, 15) is 32.6 Å². The number of rotatable bonds is 4. The Morgan fingerprint density at radius 1 is 1.18 bits per heavy atom. The fraction of sp³-hybridized carbons (Fsp3) is 0.429. The highest BCUT2D eigenvalue weighted by molar-refractivity contribution is 6.07. The first-order valence-corrected chi connectivity index (χ1v) is 10.7. The van der Waals surface area contributed by atoms with E-state index < -0.39 is 65.9 Å². The van der Waals surface area contributed by atoms with Crippen LogP contribution in [0.4, 0.5) is 23.4 Å². The van der Waals surface area contributed by atoms with E-state index in [4.69, 9.17) is 0 Å². The lowest BCUT2D eigenvalue weighted by molar-refractivity contribution is 0.0392. The summed E-state index contributed by atoms with van der Waals surface area (Å²) in [5, 5.41) is 29.6. The molecule has 1 aliphatic heterocycles. The number of hydrogen-bond donors (Lipinski definition) is 4. The summed E-state index contributed by atoms with van der Waals surface area (Å²) in [4.78, 5) is 22.6. The number of alkyl halides is 1. The first-order chi connectivity index (χ1) is 16.2. The number of carbonyl (C=O) groups is 1.